The Hall–Kier alpha value is -1.26. The summed E-state index contributed by atoms with van der Waals surface area (Å²) in [5.74, 6) is 0.606. The molecule has 5 heteroatoms. The maximum Gasteiger partial charge on any atom is 0.250 e. The Kier molecular flexibility index (Phi) is 4.44. The lowest BCUT2D eigenvalue weighted by Crippen LogP contribution is -2.19. The number of amides is 1. The molecule has 98 valence electrons. The number of carbonyl (C=O) groups is 1. The number of benzene rings is 1. The molecule has 2 rings (SSSR count). The van der Waals surface area contributed by atoms with E-state index >= 15 is 0 Å². The number of hydrogen-bond acceptors (Lipinski definition) is 3. The summed E-state index contributed by atoms with van der Waals surface area (Å²) < 4.78 is 5.30. The molecule has 0 bridgehead atoms. The van der Waals surface area contributed by atoms with E-state index in [1.807, 2.05) is 0 Å². The first-order chi connectivity index (χ1) is 8.65. The van der Waals surface area contributed by atoms with Crippen LogP contribution in [0.5, 0.6) is 0 Å². The third-order valence-electron chi connectivity index (χ3n) is 2.87. The van der Waals surface area contributed by atoms with Gasteiger partial charge >= 0.3 is 0 Å². The number of ether oxygens (including phenoxy) is 1. The molecule has 1 fully saturated rings. The number of rotatable bonds is 6. The van der Waals surface area contributed by atoms with Crippen molar-refractivity contribution in [1.82, 2.24) is 0 Å². The summed E-state index contributed by atoms with van der Waals surface area (Å²) in [6, 6.07) is 4.97. The van der Waals surface area contributed by atoms with E-state index in [1.54, 1.807) is 18.2 Å². The standard InChI is InChI=1S/C13H17ClN2O2/c14-11-4-3-10(15)7-12(11)16-13(17)8-18-6-5-9-1-2-9/h3-4,7,9H,1-2,5-6,8,15H2,(H,16,17). The third-order valence-corrected chi connectivity index (χ3v) is 3.19. The van der Waals surface area contributed by atoms with Crippen LogP contribution < -0.4 is 11.1 Å². The largest absolute Gasteiger partial charge is 0.399 e. The van der Waals surface area contributed by atoms with Gasteiger partial charge in [-0.1, -0.05) is 24.4 Å². The number of hydrogen-bond donors (Lipinski definition) is 2. The highest BCUT2D eigenvalue weighted by Crippen LogP contribution is 2.32. The smallest absolute Gasteiger partial charge is 0.250 e. The maximum atomic E-state index is 11.6. The molecule has 0 atom stereocenters. The van der Waals surface area contributed by atoms with Crippen LogP contribution in [0.25, 0.3) is 0 Å². The molecule has 1 amide bonds. The Morgan fingerprint density at radius 2 is 2.28 bits per heavy atom. The predicted octanol–water partition coefficient (Wildman–Crippen LogP) is 2.68. The Balaban J connectivity index is 1.73. The highest BCUT2D eigenvalue weighted by Gasteiger charge is 2.20. The number of anilines is 2. The summed E-state index contributed by atoms with van der Waals surface area (Å²) in [6.45, 7) is 0.695. The summed E-state index contributed by atoms with van der Waals surface area (Å²) in [5.41, 5.74) is 6.70. The molecular weight excluding hydrogens is 252 g/mol. The van der Waals surface area contributed by atoms with Gasteiger partial charge in [0.1, 0.15) is 6.61 Å². The Morgan fingerprint density at radius 1 is 1.50 bits per heavy atom. The average Bonchev–Trinajstić information content (AvgIpc) is 3.13. The van der Waals surface area contributed by atoms with Gasteiger partial charge in [0.05, 0.1) is 10.7 Å². The van der Waals surface area contributed by atoms with Crippen molar-refractivity contribution in [3.63, 3.8) is 0 Å². The van der Waals surface area contributed by atoms with E-state index in [0.29, 0.717) is 23.0 Å². The van der Waals surface area contributed by atoms with E-state index in [-0.39, 0.29) is 12.5 Å². The van der Waals surface area contributed by atoms with Crippen molar-refractivity contribution >= 4 is 28.9 Å². The fourth-order valence-electron chi connectivity index (χ4n) is 1.65. The van der Waals surface area contributed by atoms with Crippen LogP contribution in [0, 0.1) is 5.92 Å². The molecule has 3 N–H and O–H groups in total. The monoisotopic (exact) mass is 268 g/mol. The minimum absolute atomic E-state index is 0.0534. The van der Waals surface area contributed by atoms with Crippen LogP contribution in [0.1, 0.15) is 19.3 Å². The van der Waals surface area contributed by atoms with Crippen LogP contribution in [-0.2, 0) is 9.53 Å². The van der Waals surface area contributed by atoms with Crippen molar-refractivity contribution in [3.05, 3.63) is 23.2 Å². The molecule has 0 heterocycles. The zero-order valence-corrected chi connectivity index (χ0v) is 10.9. The molecule has 1 saturated carbocycles. The molecule has 0 aromatic heterocycles. The third kappa shape index (κ3) is 4.20. The Labute approximate surface area is 111 Å². The summed E-state index contributed by atoms with van der Waals surface area (Å²) >= 11 is 5.94. The summed E-state index contributed by atoms with van der Waals surface area (Å²) in [7, 11) is 0. The summed E-state index contributed by atoms with van der Waals surface area (Å²) in [6.07, 6.45) is 3.65. The number of carbonyl (C=O) groups excluding carboxylic acids is 1. The molecule has 1 aromatic rings. The van der Waals surface area contributed by atoms with Crippen molar-refractivity contribution in [2.75, 3.05) is 24.3 Å². The molecule has 4 nitrogen and oxygen atoms in total. The second-order valence-corrected chi connectivity index (χ2v) is 4.98. The Morgan fingerprint density at radius 3 is 3.00 bits per heavy atom. The lowest BCUT2D eigenvalue weighted by atomic mass is 10.3. The predicted molar refractivity (Wildman–Crippen MR) is 72.7 cm³/mol. The average molecular weight is 269 g/mol. The lowest BCUT2D eigenvalue weighted by Gasteiger charge is -2.08. The molecule has 0 radical (unpaired) electrons. The summed E-state index contributed by atoms with van der Waals surface area (Å²) in [5, 5.41) is 3.15. The fraction of sp³-hybridized carbons (Fsp3) is 0.462. The van der Waals surface area contributed by atoms with E-state index in [9.17, 15) is 4.79 Å². The van der Waals surface area contributed by atoms with E-state index in [1.165, 1.54) is 12.8 Å². The molecule has 1 aromatic carbocycles. The molecule has 0 aliphatic heterocycles. The molecule has 18 heavy (non-hydrogen) atoms. The van der Waals surface area contributed by atoms with Gasteiger partial charge in [-0.15, -0.1) is 0 Å². The van der Waals surface area contributed by atoms with Crippen LogP contribution >= 0.6 is 11.6 Å². The Bertz CT molecular complexity index is 433. The van der Waals surface area contributed by atoms with E-state index in [2.05, 4.69) is 5.32 Å². The highest BCUT2D eigenvalue weighted by atomic mass is 35.5. The van der Waals surface area contributed by atoms with Gasteiger partial charge in [-0.3, -0.25) is 4.79 Å². The van der Waals surface area contributed by atoms with Gasteiger partial charge in [-0.05, 0) is 30.5 Å². The van der Waals surface area contributed by atoms with Gasteiger partial charge in [-0.2, -0.15) is 0 Å². The van der Waals surface area contributed by atoms with Gasteiger partial charge in [0, 0.05) is 12.3 Å². The topological polar surface area (TPSA) is 64.3 Å². The normalized spacial score (nSPS) is 14.5. The molecule has 1 aliphatic rings. The lowest BCUT2D eigenvalue weighted by molar-refractivity contribution is -0.120. The van der Waals surface area contributed by atoms with E-state index < -0.39 is 0 Å². The second kappa shape index (κ2) is 6.07. The van der Waals surface area contributed by atoms with Crippen molar-refractivity contribution in [2.24, 2.45) is 5.92 Å². The van der Waals surface area contributed by atoms with Crippen molar-refractivity contribution in [3.8, 4) is 0 Å². The molecule has 0 saturated heterocycles. The first-order valence-electron chi connectivity index (χ1n) is 6.08. The van der Waals surface area contributed by atoms with E-state index in [4.69, 9.17) is 22.1 Å². The number of nitrogens with two attached hydrogens (primary N) is 1. The van der Waals surface area contributed by atoms with Crippen LogP contribution in [0.3, 0.4) is 0 Å². The highest BCUT2D eigenvalue weighted by molar-refractivity contribution is 6.33. The van der Waals surface area contributed by atoms with Crippen LogP contribution in [0.4, 0.5) is 11.4 Å². The van der Waals surface area contributed by atoms with Gasteiger partial charge < -0.3 is 15.8 Å². The first kappa shape index (κ1) is 13.2. The SMILES string of the molecule is Nc1ccc(Cl)c(NC(=O)COCCC2CC2)c1. The van der Waals surface area contributed by atoms with Crippen LogP contribution in [0.2, 0.25) is 5.02 Å². The number of nitrogen functional groups attached to an aromatic ring is 1. The minimum atomic E-state index is -0.210. The maximum absolute atomic E-state index is 11.6. The molecule has 0 unspecified atom stereocenters. The van der Waals surface area contributed by atoms with Crippen LogP contribution in [-0.4, -0.2) is 19.1 Å². The van der Waals surface area contributed by atoms with Crippen molar-refractivity contribution < 1.29 is 9.53 Å². The van der Waals surface area contributed by atoms with E-state index in [0.717, 1.165) is 12.3 Å². The van der Waals surface area contributed by atoms with Crippen molar-refractivity contribution in [1.29, 1.82) is 0 Å². The van der Waals surface area contributed by atoms with Gasteiger partial charge in [0.15, 0.2) is 0 Å². The first-order valence-corrected chi connectivity index (χ1v) is 6.45. The number of halogens is 1. The molecular formula is C13H17ClN2O2. The van der Waals surface area contributed by atoms with Gasteiger partial charge in [-0.25, -0.2) is 0 Å². The second-order valence-electron chi connectivity index (χ2n) is 4.57. The van der Waals surface area contributed by atoms with Crippen LogP contribution in [0.15, 0.2) is 18.2 Å². The summed E-state index contributed by atoms with van der Waals surface area (Å²) in [4.78, 5) is 11.6. The fourth-order valence-corrected chi connectivity index (χ4v) is 1.81. The molecule has 1 aliphatic carbocycles. The zero-order chi connectivity index (χ0) is 13.0. The van der Waals surface area contributed by atoms with Gasteiger partial charge in [0.2, 0.25) is 5.91 Å². The van der Waals surface area contributed by atoms with Gasteiger partial charge in [0.25, 0.3) is 0 Å². The zero-order valence-electron chi connectivity index (χ0n) is 10.1. The quantitative estimate of drug-likeness (QED) is 0.616. The van der Waals surface area contributed by atoms with Crippen molar-refractivity contribution in [2.45, 2.75) is 19.3 Å². The number of nitrogens with one attached hydrogen (secondary N) is 1. The molecule has 0 spiro atoms. The minimum Gasteiger partial charge on any atom is -0.399 e.